The van der Waals surface area contributed by atoms with Gasteiger partial charge in [-0.2, -0.15) is 0 Å². The van der Waals surface area contributed by atoms with Crippen LogP contribution in [-0.4, -0.2) is 25.0 Å². The first-order valence-corrected chi connectivity index (χ1v) is 6.66. The van der Waals surface area contributed by atoms with Crippen molar-refractivity contribution in [3.8, 4) is 5.75 Å². The van der Waals surface area contributed by atoms with Gasteiger partial charge in [0, 0.05) is 5.56 Å². The van der Waals surface area contributed by atoms with E-state index in [0.29, 0.717) is 0 Å². The van der Waals surface area contributed by atoms with Crippen LogP contribution in [0.3, 0.4) is 0 Å². The maximum atomic E-state index is 12.7. The van der Waals surface area contributed by atoms with Crippen LogP contribution in [0, 0.1) is 0 Å². The zero-order valence-corrected chi connectivity index (χ0v) is 11.2. The summed E-state index contributed by atoms with van der Waals surface area (Å²) in [5.41, 5.74) is 0.401. The number of ether oxygens (including phenoxy) is 1. The van der Waals surface area contributed by atoms with Gasteiger partial charge in [0.15, 0.2) is 5.78 Å². The molecule has 98 valence electrons. The molecule has 1 aliphatic heterocycles. The van der Waals surface area contributed by atoms with Gasteiger partial charge >= 0.3 is 0 Å². The van der Waals surface area contributed by atoms with Gasteiger partial charge in [0.25, 0.3) is 0 Å². The Kier molecular flexibility index (Phi) is 4.02. The standard InChI is InChI=1S/C15H21NO2/c1-3-8-15(9-5-10-16-15)14(17)12-6-4-7-13(11-12)18-2/h4,6-7,11,16H,3,5,8-10H2,1-2H3. The van der Waals surface area contributed by atoms with Crippen LogP contribution in [0.15, 0.2) is 24.3 Å². The topological polar surface area (TPSA) is 38.3 Å². The van der Waals surface area contributed by atoms with Crippen LogP contribution in [0.4, 0.5) is 0 Å². The summed E-state index contributed by atoms with van der Waals surface area (Å²) in [6.07, 6.45) is 3.94. The lowest BCUT2D eigenvalue weighted by Gasteiger charge is -2.27. The van der Waals surface area contributed by atoms with Gasteiger partial charge in [-0.1, -0.05) is 25.5 Å². The van der Waals surface area contributed by atoms with Crippen molar-refractivity contribution in [2.45, 2.75) is 38.1 Å². The van der Waals surface area contributed by atoms with Gasteiger partial charge in [-0.3, -0.25) is 4.79 Å². The number of nitrogens with one attached hydrogen (secondary N) is 1. The minimum absolute atomic E-state index is 0.209. The highest BCUT2D eigenvalue weighted by Gasteiger charge is 2.40. The number of ketones is 1. The molecular weight excluding hydrogens is 226 g/mol. The Bertz CT molecular complexity index is 422. The molecule has 18 heavy (non-hydrogen) atoms. The molecule has 1 atom stereocenters. The predicted molar refractivity (Wildman–Crippen MR) is 72.2 cm³/mol. The second-order valence-corrected chi connectivity index (χ2v) is 4.92. The fourth-order valence-electron chi connectivity index (χ4n) is 2.79. The van der Waals surface area contributed by atoms with Crippen molar-refractivity contribution in [1.82, 2.24) is 5.32 Å². The molecule has 0 radical (unpaired) electrons. The van der Waals surface area contributed by atoms with E-state index in [1.807, 2.05) is 24.3 Å². The van der Waals surface area contributed by atoms with Crippen LogP contribution >= 0.6 is 0 Å². The normalized spacial score (nSPS) is 23.0. The van der Waals surface area contributed by atoms with E-state index in [2.05, 4.69) is 12.2 Å². The molecule has 0 amide bonds. The Morgan fingerprint density at radius 1 is 1.50 bits per heavy atom. The minimum atomic E-state index is -0.346. The van der Waals surface area contributed by atoms with Gasteiger partial charge in [-0.05, 0) is 37.9 Å². The largest absolute Gasteiger partial charge is 0.497 e. The van der Waals surface area contributed by atoms with E-state index in [-0.39, 0.29) is 11.3 Å². The van der Waals surface area contributed by atoms with Gasteiger partial charge in [0.2, 0.25) is 0 Å². The summed E-state index contributed by atoms with van der Waals surface area (Å²) in [6, 6.07) is 7.45. The lowest BCUT2D eigenvalue weighted by molar-refractivity contribution is 0.0857. The third-order valence-corrected chi connectivity index (χ3v) is 3.69. The smallest absolute Gasteiger partial charge is 0.182 e. The second-order valence-electron chi connectivity index (χ2n) is 4.92. The summed E-state index contributed by atoms with van der Waals surface area (Å²) in [7, 11) is 1.62. The van der Waals surface area contributed by atoms with Crippen LogP contribution in [-0.2, 0) is 0 Å². The van der Waals surface area contributed by atoms with E-state index in [0.717, 1.165) is 43.5 Å². The van der Waals surface area contributed by atoms with Crippen molar-refractivity contribution >= 4 is 5.78 Å². The molecule has 1 heterocycles. The highest BCUT2D eigenvalue weighted by molar-refractivity contribution is 6.03. The van der Waals surface area contributed by atoms with Crippen molar-refractivity contribution in [3.63, 3.8) is 0 Å². The predicted octanol–water partition coefficient (Wildman–Crippen LogP) is 2.80. The summed E-state index contributed by atoms with van der Waals surface area (Å²) in [6.45, 7) is 3.07. The van der Waals surface area contributed by atoms with Crippen molar-refractivity contribution in [2.24, 2.45) is 0 Å². The van der Waals surface area contributed by atoms with Crippen LogP contribution in [0.1, 0.15) is 43.0 Å². The molecule has 2 rings (SSSR count). The molecule has 1 N–H and O–H groups in total. The number of carbonyl (C=O) groups is 1. The van der Waals surface area contributed by atoms with Crippen molar-refractivity contribution in [3.05, 3.63) is 29.8 Å². The van der Waals surface area contributed by atoms with E-state index < -0.39 is 0 Å². The SMILES string of the molecule is CCCC1(C(=O)c2cccc(OC)c2)CCCN1. The third kappa shape index (κ3) is 2.41. The van der Waals surface area contributed by atoms with E-state index in [1.165, 1.54) is 0 Å². The lowest BCUT2D eigenvalue weighted by Crippen LogP contribution is -2.47. The van der Waals surface area contributed by atoms with E-state index in [9.17, 15) is 4.79 Å². The van der Waals surface area contributed by atoms with Gasteiger partial charge in [-0.25, -0.2) is 0 Å². The lowest BCUT2D eigenvalue weighted by atomic mass is 9.84. The molecule has 3 nitrogen and oxygen atoms in total. The average Bonchev–Trinajstić information content (AvgIpc) is 2.88. The Hall–Kier alpha value is -1.35. The number of hydrogen-bond acceptors (Lipinski definition) is 3. The van der Waals surface area contributed by atoms with E-state index in [1.54, 1.807) is 7.11 Å². The van der Waals surface area contributed by atoms with Gasteiger partial charge in [-0.15, -0.1) is 0 Å². The molecule has 0 aliphatic carbocycles. The summed E-state index contributed by atoms with van der Waals surface area (Å²) >= 11 is 0. The van der Waals surface area contributed by atoms with E-state index >= 15 is 0 Å². The van der Waals surface area contributed by atoms with Crippen molar-refractivity contribution in [1.29, 1.82) is 0 Å². The van der Waals surface area contributed by atoms with E-state index in [4.69, 9.17) is 4.74 Å². The van der Waals surface area contributed by atoms with Crippen LogP contribution in [0.25, 0.3) is 0 Å². The molecule has 0 saturated carbocycles. The van der Waals surface area contributed by atoms with Crippen LogP contribution in [0.2, 0.25) is 0 Å². The molecule has 1 saturated heterocycles. The quantitative estimate of drug-likeness (QED) is 0.813. The number of rotatable bonds is 5. The first-order chi connectivity index (χ1) is 8.72. The van der Waals surface area contributed by atoms with Gasteiger partial charge in [0.05, 0.1) is 12.6 Å². The monoisotopic (exact) mass is 247 g/mol. The highest BCUT2D eigenvalue weighted by atomic mass is 16.5. The molecule has 0 bridgehead atoms. The zero-order valence-electron chi connectivity index (χ0n) is 11.2. The Morgan fingerprint density at radius 3 is 2.94 bits per heavy atom. The molecule has 1 unspecified atom stereocenters. The summed E-state index contributed by atoms with van der Waals surface area (Å²) < 4.78 is 5.19. The molecule has 3 heteroatoms. The third-order valence-electron chi connectivity index (χ3n) is 3.69. The molecule has 0 spiro atoms. The Labute approximate surface area is 109 Å². The van der Waals surface area contributed by atoms with Crippen molar-refractivity contribution in [2.75, 3.05) is 13.7 Å². The summed E-state index contributed by atoms with van der Waals surface area (Å²) in [4.78, 5) is 12.7. The fraction of sp³-hybridized carbons (Fsp3) is 0.533. The average molecular weight is 247 g/mol. The first kappa shape index (κ1) is 13.1. The minimum Gasteiger partial charge on any atom is -0.497 e. The molecule has 1 aromatic rings. The van der Waals surface area contributed by atoms with Crippen molar-refractivity contribution < 1.29 is 9.53 Å². The molecular formula is C15H21NO2. The van der Waals surface area contributed by atoms with Crippen LogP contribution in [0.5, 0.6) is 5.75 Å². The molecule has 1 aromatic carbocycles. The Balaban J connectivity index is 2.27. The number of Topliss-reactive ketones (excluding diaryl/α,β-unsaturated/α-hetero) is 1. The second kappa shape index (κ2) is 5.53. The maximum Gasteiger partial charge on any atom is 0.182 e. The highest BCUT2D eigenvalue weighted by Crippen LogP contribution is 2.29. The number of carbonyl (C=O) groups excluding carboxylic acids is 1. The first-order valence-electron chi connectivity index (χ1n) is 6.66. The molecule has 1 aliphatic rings. The number of methoxy groups -OCH3 is 1. The van der Waals surface area contributed by atoms with Gasteiger partial charge < -0.3 is 10.1 Å². The fourth-order valence-corrected chi connectivity index (χ4v) is 2.79. The summed E-state index contributed by atoms with van der Waals surface area (Å²) in [5, 5.41) is 3.42. The Morgan fingerprint density at radius 2 is 2.33 bits per heavy atom. The summed E-state index contributed by atoms with van der Waals surface area (Å²) in [5.74, 6) is 0.950. The zero-order chi connectivity index (χ0) is 13.0. The molecule has 1 fully saturated rings. The number of benzene rings is 1. The maximum absolute atomic E-state index is 12.7. The van der Waals surface area contributed by atoms with Gasteiger partial charge in [0.1, 0.15) is 5.75 Å². The molecule has 0 aromatic heterocycles. The number of hydrogen-bond donors (Lipinski definition) is 1. The van der Waals surface area contributed by atoms with Crippen LogP contribution < -0.4 is 10.1 Å².